The van der Waals surface area contributed by atoms with Gasteiger partial charge in [-0.15, -0.1) is 10.2 Å². The highest BCUT2D eigenvalue weighted by Gasteiger charge is 2.34. The van der Waals surface area contributed by atoms with E-state index < -0.39 is 10.8 Å². The summed E-state index contributed by atoms with van der Waals surface area (Å²) in [7, 11) is 0. The van der Waals surface area contributed by atoms with Crippen molar-refractivity contribution < 1.29 is 14.5 Å². The molecule has 12 heteroatoms. The zero-order chi connectivity index (χ0) is 23.0. The molecule has 2 heterocycles. The van der Waals surface area contributed by atoms with Crippen molar-refractivity contribution in [2.24, 2.45) is 0 Å². The first-order chi connectivity index (χ1) is 15.2. The van der Waals surface area contributed by atoms with Crippen molar-refractivity contribution in [3.8, 4) is 0 Å². The first-order valence-electron chi connectivity index (χ1n) is 9.38. The summed E-state index contributed by atoms with van der Waals surface area (Å²) >= 11 is 13.4. The molecule has 1 aliphatic rings. The van der Waals surface area contributed by atoms with Gasteiger partial charge in [0.05, 0.1) is 15.5 Å². The van der Waals surface area contributed by atoms with Gasteiger partial charge in [-0.1, -0.05) is 40.6 Å². The fourth-order valence-electron chi connectivity index (χ4n) is 3.29. The highest BCUT2D eigenvalue weighted by atomic mass is 35.5. The van der Waals surface area contributed by atoms with Crippen LogP contribution in [-0.4, -0.2) is 33.5 Å². The Morgan fingerprint density at radius 2 is 2.00 bits per heavy atom. The lowest BCUT2D eigenvalue weighted by Crippen LogP contribution is -2.24. The summed E-state index contributed by atoms with van der Waals surface area (Å²) in [6.45, 7) is 2.32. The molecule has 3 aromatic rings. The quantitative estimate of drug-likeness (QED) is 0.403. The average Bonchev–Trinajstić information content (AvgIpc) is 3.36. The van der Waals surface area contributed by atoms with Crippen molar-refractivity contribution in [1.29, 1.82) is 0 Å². The van der Waals surface area contributed by atoms with Gasteiger partial charge in [0.15, 0.2) is 0 Å². The van der Waals surface area contributed by atoms with Crippen LogP contribution in [0.3, 0.4) is 0 Å². The molecule has 1 aliphatic heterocycles. The van der Waals surface area contributed by atoms with Gasteiger partial charge in [0.2, 0.25) is 11.0 Å². The van der Waals surface area contributed by atoms with E-state index in [0.29, 0.717) is 16.6 Å². The van der Waals surface area contributed by atoms with Crippen molar-refractivity contribution >= 4 is 62.9 Å². The number of nitro benzene ring substituents is 1. The van der Waals surface area contributed by atoms with Gasteiger partial charge in [0.25, 0.3) is 11.6 Å². The topological polar surface area (TPSA) is 118 Å². The summed E-state index contributed by atoms with van der Waals surface area (Å²) in [4.78, 5) is 36.9. The monoisotopic (exact) mass is 491 g/mol. The molecular weight excluding hydrogens is 477 g/mol. The van der Waals surface area contributed by atoms with Crippen LogP contribution in [-0.2, 0) is 4.79 Å². The summed E-state index contributed by atoms with van der Waals surface area (Å²) in [5, 5.41) is 22.9. The molecule has 1 N–H and O–H groups in total. The Kier molecular flexibility index (Phi) is 6.09. The molecule has 164 valence electrons. The van der Waals surface area contributed by atoms with Crippen molar-refractivity contribution in [3.05, 3.63) is 72.7 Å². The van der Waals surface area contributed by atoms with Gasteiger partial charge < -0.3 is 4.90 Å². The van der Waals surface area contributed by atoms with E-state index in [-0.39, 0.29) is 39.7 Å². The molecule has 2 amide bonds. The molecule has 0 spiro atoms. The van der Waals surface area contributed by atoms with E-state index in [0.717, 1.165) is 28.7 Å². The predicted octanol–water partition coefficient (Wildman–Crippen LogP) is 4.83. The third kappa shape index (κ3) is 4.43. The number of amides is 2. The van der Waals surface area contributed by atoms with Gasteiger partial charge in [-0.3, -0.25) is 25.0 Å². The molecule has 1 aromatic heterocycles. The van der Waals surface area contributed by atoms with Gasteiger partial charge in [-0.05, 0) is 30.7 Å². The van der Waals surface area contributed by atoms with Crippen LogP contribution in [0.25, 0.3) is 0 Å². The zero-order valence-corrected chi connectivity index (χ0v) is 18.9. The summed E-state index contributed by atoms with van der Waals surface area (Å²) in [6.07, 6.45) is 0.266. The third-order valence-corrected chi connectivity index (χ3v) is 6.73. The van der Waals surface area contributed by atoms with E-state index in [9.17, 15) is 19.7 Å². The highest BCUT2D eigenvalue weighted by Crippen LogP contribution is 2.35. The van der Waals surface area contributed by atoms with Gasteiger partial charge >= 0.3 is 0 Å². The van der Waals surface area contributed by atoms with Crippen LogP contribution in [0.2, 0.25) is 10.0 Å². The first kappa shape index (κ1) is 22.1. The molecule has 1 unspecified atom stereocenters. The van der Waals surface area contributed by atoms with E-state index >= 15 is 0 Å². The number of rotatable bonds is 5. The number of nitrogens with zero attached hydrogens (tertiary/aromatic N) is 4. The second-order valence-corrected chi connectivity index (χ2v) is 8.98. The van der Waals surface area contributed by atoms with Crippen LogP contribution < -0.4 is 10.2 Å². The lowest BCUT2D eigenvalue weighted by molar-refractivity contribution is -0.384. The van der Waals surface area contributed by atoms with E-state index in [1.807, 2.05) is 19.1 Å². The number of carbonyl (C=O) groups excluding carboxylic acids is 2. The number of hydrogen-bond acceptors (Lipinski definition) is 7. The SMILES string of the molecule is Cc1ccc(N2CC(c3nnc(NC(=O)c4ccc([N+](=O)[O-])cc4Cl)s3)CC2=O)cc1Cl. The second-order valence-electron chi connectivity index (χ2n) is 7.16. The molecule has 1 fully saturated rings. The molecular formula is C20H15Cl2N5O4S. The fraction of sp³-hybridized carbons (Fsp3) is 0.200. The van der Waals surface area contributed by atoms with E-state index in [2.05, 4.69) is 15.5 Å². The van der Waals surface area contributed by atoms with Gasteiger partial charge in [-0.25, -0.2) is 0 Å². The minimum atomic E-state index is -0.596. The summed E-state index contributed by atoms with van der Waals surface area (Å²) in [5.74, 6) is -0.784. The van der Waals surface area contributed by atoms with Crippen molar-refractivity contribution in [2.75, 3.05) is 16.8 Å². The standard InChI is InChI=1S/C20H15Cl2N5O4S/c1-10-2-3-12(7-15(10)21)26-9-11(6-17(26)28)19-24-25-20(32-19)23-18(29)14-5-4-13(27(30)31)8-16(14)22/h2-5,7-8,11H,6,9H2,1H3,(H,23,25,29). The van der Waals surface area contributed by atoms with Crippen molar-refractivity contribution in [2.45, 2.75) is 19.3 Å². The predicted molar refractivity (Wildman–Crippen MR) is 122 cm³/mol. The van der Waals surface area contributed by atoms with E-state index in [1.54, 1.807) is 11.0 Å². The number of anilines is 2. The molecule has 0 bridgehead atoms. The molecule has 0 radical (unpaired) electrons. The van der Waals surface area contributed by atoms with E-state index in [4.69, 9.17) is 23.2 Å². The number of nitro groups is 1. The molecule has 32 heavy (non-hydrogen) atoms. The minimum Gasteiger partial charge on any atom is -0.312 e. The average molecular weight is 492 g/mol. The normalized spacial score (nSPS) is 15.8. The van der Waals surface area contributed by atoms with Crippen molar-refractivity contribution in [3.63, 3.8) is 0 Å². The number of benzene rings is 2. The van der Waals surface area contributed by atoms with Crippen LogP contribution in [0.15, 0.2) is 36.4 Å². The molecule has 0 aliphatic carbocycles. The molecule has 4 rings (SSSR count). The van der Waals surface area contributed by atoms with Gasteiger partial charge in [0, 0.05) is 41.7 Å². The molecule has 1 saturated heterocycles. The summed E-state index contributed by atoms with van der Waals surface area (Å²) in [5.41, 5.74) is 1.51. The van der Waals surface area contributed by atoms with E-state index in [1.165, 1.54) is 12.1 Å². The second kappa shape index (κ2) is 8.81. The lowest BCUT2D eigenvalue weighted by Gasteiger charge is -2.17. The maximum atomic E-state index is 12.5. The number of non-ortho nitro benzene ring substituents is 1. The number of carbonyl (C=O) groups is 2. The number of hydrogen-bond donors (Lipinski definition) is 1. The van der Waals surface area contributed by atoms with Crippen LogP contribution in [0, 0.1) is 17.0 Å². The summed E-state index contributed by atoms with van der Waals surface area (Å²) < 4.78 is 0. The Morgan fingerprint density at radius 1 is 1.22 bits per heavy atom. The largest absolute Gasteiger partial charge is 0.312 e. The Morgan fingerprint density at radius 3 is 2.69 bits per heavy atom. The molecule has 2 aromatic carbocycles. The number of halogens is 2. The van der Waals surface area contributed by atoms with Gasteiger partial charge in [-0.2, -0.15) is 0 Å². The van der Waals surface area contributed by atoms with Crippen LogP contribution in [0.1, 0.15) is 33.3 Å². The smallest absolute Gasteiger partial charge is 0.270 e. The Bertz CT molecular complexity index is 1250. The number of nitrogens with one attached hydrogen (secondary N) is 1. The molecule has 0 saturated carbocycles. The third-order valence-electron chi connectivity index (χ3n) is 5.01. The number of aryl methyl sites for hydroxylation is 1. The lowest BCUT2D eigenvalue weighted by atomic mass is 10.1. The Hall–Kier alpha value is -3.08. The minimum absolute atomic E-state index is 0.0461. The number of aromatic nitrogens is 2. The van der Waals surface area contributed by atoms with Crippen LogP contribution in [0.5, 0.6) is 0 Å². The molecule has 1 atom stereocenters. The van der Waals surface area contributed by atoms with Crippen LogP contribution in [0.4, 0.5) is 16.5 Å². The highest BCUT2D eigenvalue weighted by molar-refractivity contribution is 7.15. The zero-order valence-electron chi connectivity index (χ0n) is 16.5. The Labute approximate surface area is 196 Å². The summed E-state index contributed by atoms with van der Waals surface area (Å²) in [6, 6.07) is 9.05. The van der Waals surface area contributed by atoms with Crippen LogP contribution >= 0.6 is 34.5 Å². The molecule has 9 nitrogen and oxygen atoms in total. The maximum Gasteiger partial charge on any atom is 0.270 e. The Balaban J connectivity index is 1.46. The fourth-order valence-corrected chi connectivity index (χ4v) is 4.55. The first-order valence-corrected chi connectivity index (χ1v) is 11.0. The van der Waals surface area contributed by atoms with Crippen molar-refractivity contribution in [1.82, 2.24) is 10.2 Å². The van der Waals surface area contributed by atoms with Gasteiger partial charge in [0.1, 0.15) is 5.01 Å². The maximum absolute atomic E-state index is 12.5.